The van der Waals surface area contributed by atoms with Crippen molar-refractivity contribution in [3.05, 3.63) is 28.0 Å². The molecular formula is C12H16BrFN2O4S. The van der Waals surface area contributed by atoms with Crippen molar-refractivity contribution in [3.63, 3.8) is 0 Å². The third-order valence-corrected chi connectivity index (χ3v) is 4.03. The van der Waals surface area contributed by atoms with Crippen molar-refractivity contribution in [3.8, 4) is 0 Å². The summed E-state index contributed by atoms with van der Waals surface area (Å²) >= 11 is 3.04. The summed E-state index contributed by atoms with van der Waals surface area (Å²) in [5, 5.41) is 4.94. The standard InChI is InChI=1S/C12H16BrFN2O4S/c1-3-20-5-4-16(2)12(17)9-6-8(13)7-10(11(9)14)21(15,18)19/h6-7H,3-5H2,1-2H3,(H2,15,18,19). The number of nitrogens with two attached hydrogens (primary N) is 1. The van der Waals surface area contributed by atoms with Gasteiger partial charge in [-0.25, -0.2) is 17.9 Å². The monoisotopic (exact) mass is 382 g/mol. The highest BCUT2D eigenvalue weighted by Crippen LogP contribution is 2.24. The minimum absolute atomic E-state index is 0.245. The Labute approximate surface area is 131 Å². The number of sulfonamides is 1. The zero-order valence-electron chi connectivity index (χ0n) is 11.6. The van der Waals surface area contributed by atoms with Crippen LogP contribution in [0.5, 0.6) is 0 Å². The van der Waals surface area contributed by atoms with Gasteiger partial charge in [0.1, 0.15) is 4.90 Å². The maximum atomic E-state index is 14.2. The molecule has 1 aromatic carbocycles. The molecular weight excluding hydrogens is 367 g/mol. The van der Waals surface area contributed by atoms with Gasteiger partial charge in [0.15, 0.2) is 5.82 Å². The highest BCUT2D eigenvalue weighted by Gasteiger charge is 2.24. The van der Waals surface area contributed by atoms with Crippen LogP contribution in [0.4, 0.5) is 4.39 Å². The molecule has 0 spiro atoms. The number of primary sulfonamides is 1. The van der Waals surface area contributed by atoms with Gasteiger partial charge in [-0.3, -0.25) is 4.79 Å². The molecule has 0 aromatic heterocycles. The summed E-state index contributed by atoms with van der Waals surface area (Å²) in [5.41, 5.74) is -0.368. The second-order valence-electron chi connectivity index (χ2n) is 4.23. The summed E-state index contributed by atoms with van der Waals surface area (Å²) in [6.07, 6.45) is 0. The molecule has 0 aliphatic rings. The first-order valence-electron chi connectivity index (χ1n) is 6.03. The van der Waals surface area contributed by atoms with E-state index in [4.69, 9.17) is 9.88 Å². The Bertz CT molecular complexity index is 636. The minimum Gasteiger partial charge on any atom is -0.380 e. The summed E-state index contributed by atoms with van der Waals surface area (Å²) in [7, 11) is -2.79. The molecule has 0 saturated carbocycles. The lowest BCUT2D eigenvalue weighted by Gasteiger charge is -2.18. The lowest BCUT2D eigenvalue weighted by atomic mass is 10.2. The maximum Gasteiger partial charge on any atom is 0.256 e. The molecule has 0 heterocycles. The number of ether oxygens (including phenoxy) is 1. The number of halogens is 2. The molecule has 0 bridgehead atoms. The molecule has 2 N–H and O–H groups in total. The van der Waals surface area contributed by atoms with E-state index in [0.717, 1.165) is 6.07 Å². The van der Waals surface area contributed by atoms with Crippen molar-refractivity contribution >= 4 is 31.9 Å². The number of carbonyl (C=O) groups excluding carboxylic acids is 1. The topological polar surface area (TPSA) is 89.7 Å². The van der Waals surface area contributed by atoms with Crippen LogP contribution in [0.1, 0.15) is 17.3 Å². The maximum absolute atomic E-state index is 14.2. The van der Waals surface area contributed by atoms with Gasteiger partial charge in [0, 0.05) is 24.7 Å². The number of hydrogen-bond donors (Lipinski definition) is 1. The van der Waals surface area contributed by atoms with Crippen molar-refractivity contribution in [2.75, 3.05) is 26.8 Å². The van der Waals surface area contributed by atoms with Crippen LogP contribution >= 0.6 is 15.9 Å². The summed E-state index contributed by atoms with van der Waals surface area (Å²) in [6, 6.07) is 2.23. The first-order chi connectivity index (χ1) is 9.68. The van der Waals surface area contributed by atoms with Crippen LogP contribution < -0.4 is 5.14 Å². The van der Waals surface area contributed by atoms with E-state index in [1.54, 1.807) is 0 Å². The third-order valence-electron chi connectivity index (χ3n) is 2.66. The zero-order chi connectivity index (χ0) is 16.2. The van der Waals surface area contributed by atoms with E-state index in [2.05, 4.69) is 15.9 Å². The van der Waals surface area contributed by atoms with Crippen molar-refractivity contribution in [1.82, 2.24) is 4.90 Å². The fourth-order valence-corrected chi connectivity index (χ4v) is 2.84. The molecule has 0 aliphatic heterocycles. The average molecular weight is 383 g/mol. The van der Waals surface area contributed by atoms with Gasteiger partial charge >= 0.3 is 0 Å². The fraction of sp³-hybridized carbons (Fsp3) is 0.417. The van der Waals surface area contributed by atoms with Crippen LogP contribution in [0.25, 0.3) is 0 Å². The number of benzene rings is 1. The lowest BCUT2D eigenvalue weighted by molar-refractivity contribution is 0.0705. The molecule has 0 fully saturated rings. The summed E-state index contributed by atoms with van der Waals surface area (Å²) in [6.45, 7) is 2.87. The van der Waals surface area contributed by atoms with E-state index in [1.807, 2.05) is 6.92 Å². The average Bonchev–Trinajstić information content (AvgIpc) is 2.39. The Balaban J connectivity index is 3.13. The molecule has 6 nitrogen and oxygen atoms in total. The molecule has 1 amide bonds. The van der Waals surface area contributed by atoms with Crippen LogP contribution in [0.2, 0.25) is 0 Å². The van der Waals surface area contributed by atoms with Gasteiger partial charge in [0.05, 0.1) is 12.2 Å². The molecule has 0 radical (unpaired) electrons. The van der Waals surface area contributed by atoms with Gasteiger partial charge in [-0.1, -0.05) is 15.9 Å². The summed E-state index contributed by atoms with van der Waals surface area (Å²) < 4.78 is 42.2. The predicted octanol–water partition coefficient (Wildman–Crippen LogP) is 1.34. The SMILES string of the molecule is CCOCCN(C)C(=O)c1cc(Br)cc(S(N)(=O)=O)c1F. The number of rotatable bonds is 6. The van der Waals surface area contributed by atoms with E-state index in [1.165, 1.54) is 18.0 Å². The van der Waals surface area contributed by atoms with Crippen molar-refractivity contribution < 1.29 is 22.3 Å². The molecule has 9 heteroatoms. The van der Waals surface area contributed by atoms with E-state index in [0.29, 0.717) is 13.2 Å². The van der Waals surface area contributed by atoms with Crippen LogP contribution in [0.3, 0.4) is 0 Å². The van der Waals surface area contributed by atoms with E-state index >= 15 is 0 Å². The lowest BCUT2D eigenvalue weighted by Crippen LogP contribution is -2.31. The molecule has 1 aromatic rings. The van der Waals surface area contributed by atoms with Crippen molar-refractivity contribution in [1.29, 1.82) is 0 Å². The zero-order valence-corrected chi connectivity index (χ0v) is 14.0. The number of nitrogens with zero attached hydrogens (tertiary/aromatic N) is 1. The van der Waals surface area contributed by atoms with Gasteiger partial charge < -0.3 is 9.64 Å². The normalized spacial score (nSPS) is 11.5. The van der Waals surface area contributed by atoms with E-state index in [9.17, 15) is 17.6 Å². The second kappa shape index (κ2) is 7.30. The van der Waals surface area contributed by atoms with Gasteiger partial charge in [-0.05, 0) is 19.1 Å². The van der Waals surface area contributed by atoms with Crippen LogP contribution in [0.15, 0.2) is 21.5 Å². The number of hydrogen-bond acceptors (Lipinski definition) is 4. The fourth-order valence-electron chi connectivity index (χ4n) is 1.58. The molecule has 0 unspecified atom stereocenters. The highest BCUT2D eigenvalue weighted by molar-refractivity contribution is 9.10. The van der Waals surface area contributed by atoms with Crippen LogP contribution in [-0.2, 0) is 14.8 Å². The van der Waals surface area contributed by atoms with Gasteiger partial charge in [0.2, 0.25) is 10.0 Å². The number of amides is 1. The first-order valence-corrected chi connectivity index (χ1v) is 8.37. The van der Waals surface area contributed by atoms with Crippen molar-refractivity contribution in [2.45, 2.75) is 11.8 Å². The number of carbonyl (C=O) groups is 1. The van der Waals surface area contributed by atoms with Crippen LogP contribution in [0, 0.1) is 5.82 Å². The smallest absolute Gasteiger partial charge is 0.256 e. The van der Waals surface area contributed by atoms with Crippen molar-refractivity contribution in [2.24, 2.45) is 5.14 Å². The van der Waals surface area contributed by atoms with Gasteiger partial charge in [0.25, 0.3) is 5.91 Å². The highest BCUT2D eigenvalue weighted by atomic mass is 79.9. The van der Waals surface area contributed by atoms with Crippen LogP contribution in [-0.4, -0.2) is 46.0 Å². The predicted molar refractivity (Wildman–Crippen MR) is 78.9 cm³/mol. The Hall–Kier alpha value is -1.03. The summed E-state index contributed by atoms with van der Waals surface area (Å²) in [4.78, 5) is 12.7. The first kappa shape index (κ1) is 18.0. The molecule has 0 saturated heterocycles. The third kappa shape index (κ3) is 4.73. The Kier molecular flexibility index (Phi) is 6.26. The molecule has 0 aliphatic carbocycles. The largest absolute Gasteiger partial charge is 0.380 e. The molecule has 21 heavy (non-hydrogen) atoms. The Morgan fingerprint density at radius 3 is 2.62 bits per heavy atom. The summed E-state index contributed by atoms with van der Waals surface area (Å²) in [5.74, 6) is -1.81. The minimum atomic E-state index is -4.26. The van der Waals surface area contributed by atoms with E-state index in [-0.39, 0.29) is 16.6 Å². The molecule has 118 valence electrons. The quantitative estimate of drug-likeness (QED) is 0.751. The van der Waals surface area contributed by atoms with Gasteiger partial charge in [-0.2, -0.15) is 0 Å². The van der Waals surface area contributed by atoms with Gasteiger partial charge in [-0.15, -0.1) is 0 Å². The Morgan fingerprint density at radius 2 is 2.10 bits per heavy atom. The van der Waals surface area contributed by atoms with E-state index < -0.39 is 26.6 Å². The molecule has 0 atom stereocenters. The molecule has 1 rings (SSSR count). The second-order valence-corrected chi connectivity index (χ2v) is 6.68. The Morgan fingerprint density at radius 1 is 1.48 bits per heavy atom. The number of likely N-dealkylation sites (N-methyl/N-ethyl adjacent to an activating group) is 1.